The molecule has 0 saturated carbocycles. The average molecular weight is 497 g/mol. The van der Waals surface area contributed by atoms with E-state index < -0.39 is 15.9 Å². The van der Waals surface area contributed by atoms with Gasteiger partial charge in [0.2, 0.25) is 5.91 Å². The molecule has 6 nitrogen and oxygen atoms in total. The number of carbonyl (C=O) groups excluding carboxylic acids is 1. The van der Waals surface area contributed by atoms with Crippen molar-refractivity contribution < 1.29 is 17.6 Å². The second-order valence-electron chi connectivity index (χ2n) is 9.30. The molecule has 1 N–H and O–H groups in total. The zero-order valence-electron chi connectivity index (χ0n) is 19.9. The highest BCUT2D eigenvalue weighted by Gasteiger charge is 2.36. The van der Waals surface area contributed by atoms with Gasteiger partial charge in [-0.1, -0.05) is 56.3 Å². The van der Waals surface area contributed by atoms with Gasteiger partial charge in [-0.2, -0.15) is 0 Å². The fraction of sp³-hybridized carbons (Fsp3) is 0.138. The summed E-state index contributed by atoms with van der Waals surface area (Å²) in [6, 6.07) is 25.9. The third kappa shape index (κ3) is 3.55. The van der Waals surface area contributed by atoms with Gasteiger partial charge in [0.25, 0.3) is 10.0 Å². The molecule has 2 heterocycles. The highest BCUT2D eigenvalue weighted by atomic mass is 32.2. The topological polar surface area (TPSA) is 79.6 Å². The summed E-state index contributed by atoms with van der Waals surface area (Å²) < 4.78 is 34.3. The molecule has 6 rings (SSSR count). The molecule has 1 aromatic heterocycles. The maximum Gasteiger partial charge on any atom is 0.265 e. The lowest BCUT2D eigenvalue weighted by molar-refractivity contribution is -0.114. The van der Waals surface area contributed by atoms with Crippen molar-refractivity contribution in [1.82, 2.24) is 0 Å². The van der Waals surface area contributed by atoms with Gasteiger partial charge in [0.1, 0.15) is 17.7 Å². The van der Waals surface area contributed by atoms with E-state index in [1.807, 2.05) is 54.6 Å². The Kier molecular flexibility index (Phi) is 5.12. The fourth-order valence-electron chi connectivity index (χ4n) is 4.81. The second-order valence-corrected chi connectivity index (χ2v) is 11.1. The number of furan rings is 1. The lowest BCUT2D eigenvalue weighted by atomic mass is 9.95. The van der Waals surface area contributed by atoms with Crippen LogP contribution in [0, 0.1) is 0 Å². The van der Waals surface area contributed by atoms with Crippen molar-refractivity contribution in [2.75, 3.05) is 16.2 Å². The Morgan fingerprint density at radius 1 is 0.861 bits per heavy atom. The minimum absolute atomic E-state index is 0.204. The van der Waals surface area contributed by atoms with Crippen LogP contribution in [0.1, 0.15) is 25.3 Å². The van der Waals surface area contributed by atoms with E-state index in [0.29, 0.717) is 22.5 Å². The Hall–Kier alpha value is -4.10. The van der Waals surface area contributed by atoms with Gasteiger partial charge in [-0.25, -0.2) is 8.42 Å². The summed E-state index contributed by atoms with van der Waals surface area (Å²) in [5.74, 6) is -0.154. The SMILES string of the molecule is CC(C)c1ccc2c(c1)-c1ccccc1S(=O)(=O)N2CC(=O)Nc1ccc2c(c1)oc1ccccc12. The number of nitrogens with zero attached hydrogens (tertiary/aromatic N) is 1. The number of nitrogens with one attached hydrogen (secondary N) is 1. The van der Waals surface area contributed by atoms with Gasteiger partial charge < -0.3 is 9.73 Å². The van der Waals surface area contributed by atoms with Crippen molar-refractivity contribution in [3.63, 3.8) is 0 Å². The lowest BCUT2D eigenvalue weighted by Gasteiger charge is -2.32. The van der Waals surface area contributed by atoms with Crippen LogP contribution in [0.2, 0.25) is 0 Å². The van der Waals surface area contributed by atoms with Gasteiger partial charge in [0.05, 0.1) is 10.6 Å². The highest BCUT2D eigenvalue weighted by molar-refractivity contribution is 7.93. The van der Waals surface area contributed by atoms with Crippen LogP contribution in [-0.2, 0) is 14.8 Å². The normalized spacial score (nSPS) is 14.1. The Bertz CT molecular complexity index is 1770. The first-order valence-electron chi connectivity index (χ1n) is 11.8. The zero-order chi connectivity index (χ0) is 25.0. The van der Waals surface area contributed by atoms with E-state index in [2.05, 4.69) is 19.2 Å². The van der Waals surface area contributed by atoms with Crippen LogP contribution < -0.4 is 9.62 Å². The van der Waals surface area contributed by atoms with Crippen LogP contribution in [0.3, 0.4) is 0 Å². The summed E-state index contributed by atoms with van der Waals surface area (Å²) in [5.41, 5.74) is 5.03. The number of fused-ring (bicyclic) bond motifs is 6. The summed E-state index contributed by atoms with van der Waals surface area (Å²) in [6.45, 7) is 3.84. The summed E-state index contributed by atoms with van der Waals surface area (Å²) in [4.78, 5) is 13.3. The lowest BCUT2D eigenvalue weighted by Crippen LogP contribution is -2.40. The summed E-state index contributed by atoms with van der Waals surface area (Å²) in [6.07, 6.45) is 0. The second kappa shape index (κ2) is 8.24. The third-order valence-corrected chi connectivity index (χ3v) is 8.47. The van der Waals surface area contributed by atoms with Crippen molar-refractivity contribution in [2.45, 2.75) is 24.7 Å². The average Bonchev–Trinajstić information content (AvgIpc) is 3.24. The summed E-state index contributed by atoms with van der Waals surface area (Å²) >= 11 is 0. The predicted molar refractivity (Wildman–Crippen MR) is 143 cm³/mol. The number of hydrogen-bond acceptors (Lipinski definition) is 4. The molecule has 1 amide bonds. The van der Waals surface area contributed by atoms with Crippen LogP contribution in [0.5, 0.6) is 0 Å². The van der Waals surface area contributed by atoms with Crippen LogP contribution >= 0.6 is 0 Å². The van der Waals surface area contributed by atoms with Gasteiger partial charge in [0.15, 0.2) is 0 Å². The van der Waals surface area contributed by atoms with E-state index >= 15 is 0 Å². The molecule has 0 saturated heterocycles. The molecule has 0 atom stereocenters. The number of anilines is 2. The molecule has 7 heteroatoms. The Labute approximate surface area is 209 Å². The largest absolute Gasteiger partial charge is 0.456 e. The molecule has 5 aromatic rings. The number of hydrogen-bond donors (Lipinski definition) is 1. The molecule has 1 aliphatic heterocycles. The van der Waals surface area contributed by atoms with Crippen LogP contribution in [0.15, 0.2) is 94.2 Å². The first-order valence-corrected chi connectivity index (χ1v) is 13.2. The maximum absolute atomic E-state index is 13.6. The van der Waals surface area contributed by atoms with Gasteiger partial charge in [-0.3, -0.25) is 9.10 Å². The predicted octanol–water partition coefficient (Wildman–Crippen LogP) is 6.52. The first kappa shape index (κ1) is 22.4. The van der Waals surface area contributed by atoms with E-state index in [1.54, 1.807) is 30.3 Å². The number of benzene rings is 4. The Balaban J connectivity index is 1.34. The number of carbonyl (C=O) groups is 1. The van der Waals surface area contributed by atoms with Crippen molar-refractivity contribution in [3.05, 3.63) is 90.5 Å². The molecular weight excluding hydrogens is 472 g/mol. The van der Waals surface area contributed by atoms with Gasteiger partial charge in [0, 0.05) is 33.7 Å². The van der Waals surface area contributed by atoms with Gasteiger partial charge >= 0.3 is 0 Å². The molecule has 0 aliphatic carbocycles. The number of amides is 1. The van der Waals surface area contributed by atoms with E-state index in [1.165, 1.54) is 4.31 Å². The molecule has 1 aliphatic rings. The minimum atomic E-state index is -3.91. The maximum atomic E-state index is 13.6. The number of rotatable bonds is 4. The Morgan fingerprint density at radius 3 is 2.44 bits per heavy atom. The van der Waals surface area contributed by atoms with Crippen molar-refractivity contribution in [2.24, 2.45) is 0 Å². The Morgan fingerprint density at radius 2 is 1.61 bits per heavy atom. The van der Waals surface area contributed by atoms with Crippen LogP contribution in [-0.4, -0.2) is 20.9 Å². The molecule has 4 aromatic carbocycles. The highest BCUT2D eigenvalue weighted by Crippen LogP contribution is 2.44. The third-order valence-electron chi connectivity index (χ3n) is 6.65. The quantitative estimate of drug-likeness (QED) is 0.307. The summed E-state index contributed by atoms with van der Waals surface area (Å²) in [7, 11) is -3.91. The van der Waals surface area contributed by atoms with Crippen molar-refractivity contribution in [3.8, 4) is 11.1 Å². The van der Waals surface area contributed by atoms with Crippen LogP contribution in [0.4, 0.5) is 11.4 Å². The molecule has 0 bridgehead atoms. The van der Waals surface area contributed by atoms with E-state index in [0.717, 1.165) is 27.5 Å². The van der Waals surface area contributed by atoms with Crippen molar-refractivity contribution >= 4 is 49.2 Å². The van der Waals surface area contributed by atoms with E-state index in [4.69, 9.17) is 4.42 Å². The molecule has 0 spiro atoms. The van der Waals surface area contributed by atoms with E-state index in [-0.39, 0.29) is 17.4 Å². The molecule has 36 heavy (non-hydrogen) atoms. The molecule has 0 unspecified atom stereocenters. The minimum Gasteiger partial charge on any atom is -0.456 e. The monoisotopic (exact) mass is 496 g/mol. The summed E-state index contributed by atoms with van der Waals surface area (Å²) in [5, 5.41) is 4.80. The van der Waals surface area contributed by atoms with Crippen LogP contribution in [0.25, 0.3) is 33.1 Å². The van der Waals surface area contributed by atoms with E-state index in [9.17, 15) is 13.2 Å². The van der Waals surface area contributed by atoms with Gasteiger partial charge in [-0.05, 0) is 47.9 Å². The first-order chi connectivity index (χ1) is 17.3. The molecule has 0 fully saturated rings. The fourth-order valence-corrected chi connectivity index (χ4v) is 6.46. The number of para-hydroxylation sites is 1. The molecule has 0 radical (unpaired) electrons. The standard InChI is InChI=1S/C29H24N2O4S/c1-18(2)19-11-14-25-24(15-19)23-8-4-6-10-28(23)36(33,34)31(25)17-29(32)30-20-12-13-22-21-7-3-5-9-26(21)35-27(22)16-20/h3-16,18H,17H2,1-2H3,(H,30,32). The zero-order valence-corrected chi connectivity index (χ0v) is 20.7. The molecular formula is C29H24N2O4S. The van der Waals surface area contributed by atoms with Crippen molar-refractivity contribution in [1.29, 1.82) is 0 Å². The number of sulfonamides is 1. The van der Waals surface area contributed by atoms with Gasteiger partial charge in [-0.15, -0.1) is 0 Å². The smallest absolute Gasteiger partial charge is 0.265 e. The molecule has 180 valence electrons.